The summed E-state index contributed by atoms with van der Waals surface area (Å²) in [6, 6.07) is 7.62. The summed E-state index contributed by atoms with van der Waals surface area (Å²) in [6.45, 7) is -0.135. The molecule has 5 rings (SSSR count). The maximum atomic E-state index is 13.2. The van der Waals surface area contributed by atoms with E-state index in [0.29, 0.717) is 30.9 Å². The third-order valence-corrected chi connectivity index (χ3v) is 5.52. The fourth-order valence-electron chi connectivity index (χ4n) is 4.07. The molecule has 1 aromatic carbocycles. The summed E-state index contributed by atoms with van der Waals surface area (Å²) in [5.74, 6) is -0.707. The van der Waals surface area contributed by atoms with Gasteiger partial charge in [-0.15, -0.1) is 0 Å². The van der Waals surface area contributed by atoms with Crippen LogP contribution < -0.4 is 20.4 Å². The van der Waals surface area contributed by atoms with E-state index in [1.807, 2.05) is 10.2 Å². The highest BCUT2D eigenvalue weighted by atomic mass is 19.4. The molecule has 0 spiro atoms. The summed E-state index contributed by atoms with van der Waals surface area (Å²) in [6.07, 6.45) is -2.27. The monoisotopic (exact) mass is 445 g/mol. The molecule has 32 heavy (non-hydrogen) atoms. The van der Waals surface area contributed by atoms with E-state index < -0.39 is 24.7 Å². The van der Waals surface area contributed by atoms with E-state index in [-0.39, 0.29) is 17.6 Å². The number of hydrogen-bond donors (Lipinski definition) is 3. The number of nitrogens with one attached hydrogen (secondary N) is 3. The average molecular weight is 445 g/mol. The van der Waals surface area contributed by atoms with Gasteiger partial charge in [0, 0.05) is 18.8 Å². The van der Waals surface area contributed by atoms with Crippen LogP contribution in [0.4, 0.5) is 35.2 Å². The molecule has 1 fully saturated rings. The van der Waals surface area contributed by atoms with Crippen LogP contribution in [0.25, 0.3) is 11.0 Å². The van der Waals surface area contributed by atoms with Crippen LogP contribution in [0, 0.1) is 0 Å². The third kappa shape index (κ3) is 3.67. The van der Waals surface area contributed by atoms with E-state index in [9.17, 15) is 22.8 Å². The highest BCUT2D eigenvalue weighted by Gasteiger charge is 2.40. The highest BCUT2D eigenvalue weighted by molar-refractivity contribution is 6.06. The first-order valence-electron chi connectivity index (χ1n) is 9.93. The van der Waals surface area contributed by atoms with Gasteiger partial charge in [0.05, 0.1) is 29.1 Å². The van der Waals surface area contributed by atoms with Gasteiger partial charge in [-0.2, -0.15) is 13.2 Å². The molecule has 0 aliphatic carbocycles. The molecule has 2 aliphatic heterocycles. The maximum absolute atomic E-state index is 13.2. The molecule has 2 aromatic heterocycles. The Labute approximate surface area is 179 Å². The summed E-state index contributed by atoms with van der Waals surface area (Å²) >= 11 is 0. The van der Waals surface area contributed by atoms with Crippen molar-refractivity contribution in [3.05, 3.63) is 42.4 Å². The van der Waals surface area contributed by atoms with Crippen molar-refractivity contribution >= 4 is 40.2 Å². The number of halogens is 3. The summed E-state index contributed by atoms with van der Waals surface area (Å²) in [4.78, 5) is 40.3. The van der Waals surface area contributed by atoms with E-state index in [2.05, 4.69) is 20.3 Å². The van der Waals surface area contributed by atoms with E-state index in [0.717, 1.165) is 11.0 Å². The number of carbonyl (C=O) groups is 2. The molecule has 1 saturated heterocycles. The van der Waals surface area contributed by atoms with Gasteiger partial charge >= 0.3 is 12.2 Å². The number of carbonyl (C=O) groups excluding carboxylic acids is 2. The molecule has 2 aliphatic rings. The van der Waals surface area contributed by atoms with Crippen LogP contribution in [-0.2, 0) is 0 Å². The van der Waals surface area contributed by atoms with Gasteiger partial charge in [0.15, 0.2) is 5.82 Å². The topological polar surface area (TPSA) is 106 Å². The molecule has 12 heteroatoms. The minimum atomic E-state index is -4.53. The van der Waals surface area contributed by atoms with Crippen molar-refractivity contribution in [2.75, 3.05) is 34.8 Å². The molecule has 1 unspecified atom stereocenters. The number of hydrogen-bond acceptors (Lipinski definition) is 5. The fourth-order valence-corrected chi connectivity index (χ4v) is 4.07. The maximum Gasteiger partial charge on any atom is 0.405 e. The minimum Gasteiger partial charge on any atom is -0.366 e. The molecule has 166 valence electrons. The van der Waals surface area contributed by atoms with Gasteiger partial charge < -0.3 is 20.5 Å². The Kier molecular flexibility index (Phi) is 4.64. The molecule has 4 heterocycles. The van der Waals surface area contributed by atoms with E-state index >= 15 is 0 Å². The van der Waals surface area contributed by atoms with Crippen LogP contribution in [-0.4, -0.2) is 58.7 Å². The Hall–Kier alpha value is -3.83. The zero-order valence-electron chi connectivity index (χ0n) is 16.6. The van der Waals surface area contributed by atoms with Gasteiger partial charge in [-0.3, -0.25) is 9.69 Å². The number of aromatic amines is 1. The predicted molar refractivity (Wildman–Crippen MR) is 111 cm³/mol. The number of urea groups is 1. The lowest BCUT2D eigenvalue weighted by atomic mass is 10.1. The number of rotatable bonds is 3. The number of amides is 3. The van der Waals surface area contributed by atoms with Gasteiger partial charge in [0.25, 0.3) is 5.91 Å². The minimum absolute atomic E-state index is 0.167. The SMILES string of the molecule is O=C(NCC(F)(F)F)c1ccc2c(n1)N(C(=O)Nc1ccc3nc[nH]c3c1)C1CCN2C1. The molecule has 1 atom stereocenters. The van der Waals surface area contributed by atoms with Crippen LogP contribution in [0.15, 0.2) is 36.7 Å². The van der Waals surface area contributed by atoms with Crippen molar-refractivity contribution in [3.8, 4) is 0 Å². The first-order chi connectivity index (χ1) is 15.3. The molecular formula is C20H18F3N7O2. The number of H-pyrrole nitrogens is 1. The number of benzene rings is 1. The van der Waals surface area contributed by atoms with Crippen molar-refractivity contribution in [2.24, 2.45) is 0 Å². The Bertz CT molecular complexity index is 1210. The summed E-state index contributed by atoms with van der Waals surface area (Å²) in [7, 11) is 0. The summed E-state index contributed by atoms with van der Waals surface area (Å²) in [5, 5.41) is 4.66. The van der Waals surface area contributed by atoms with Crippen LogP contribution in [0.3, 0.4) is 0 Å². The van der Waals surface area contributed by atoms with Crippen molar-refractivity contribution in [2.45, 2.75) is 18.6 Å². The zero-order chi connectivity index (χ0) is 22.5. The molecule has 2 bridgehead atoms. The number of pyridine rings is 1. The van der Waals surface area contributed by atoms with Gasteiger partial charge in [-0.25, -0.2) is 14.8 Å². The number of anilines is 3. The summed E-state index contributed by atoms with van der Waals surface area (Å²) in [5.41, 5.74) is 2.54. The predicted octanol–water partition coefficient (Wildman–Crippen LogP) is 2.88. The summed E-state index contributed by atoms with van der Waals surface area (Å²) < 4.78 is 37.4. The number of aromatic nitrogens is 3. The lowest BCUT2D eigenvalue weighted by molar-refractivity contribution is -0.123. The largest absolute Gasteiger partial charge is 0.405 e. The Morgan fingerprint density at radius 2 is 2.06 bits per heavy atom. The van der Waals surface area contributed by atoms with Crippen LogP contribution in [0.2, 0.25) is 0 Å². The molecule has 3 aromatic rings. The third-order valence-electron chi connectivity index (χ3n) is 5.52. The quantitative estimate of drug-likeness (QED) is 0.575. The van der Waals surface area contributed by atoms with Crippen molar-refractivity contribution in [1.29, 1.82) is 0 Å². The fraction of sp³-hybridized carbons (Fsp3) is 0.300. The standard InChI is InChI=1S/C20H18F3N7O2/c21-20(22,23)9-24-18(31)14-3-4-16-17(28-14)30(12-5-6-29(16)8-12)19(32)27-11-1-2-13-15(7-11)26-10-25-13/h1-4,7,10,12H,5-6,8-9H2,(H,24,31)(H,25,26)(H,27,32). The lowest BCUT2D eigenvalue weighted by Crippen LogP contribution is -2.48. The molecule has 0 radical (unpaired) electrons. The Morgan fingerprint density at radius 3 is 2.88 bits per heavy atom. The van der Waals surface area contributed by atoms with Crippen LogP contribution in [0.5, 0.6) is 0 Å². The van der Waals surface area contributed by atoms with Crippen molar-refractivity contribution in [1.82, 2.24) is 20.3 Å². The average Bonchev–Trinajstić information content (AvgIpc) is 3.38. The highest BCUT2D eigenvalue weighted by Crippen LogP contribution is 2.39. The number of nitrogens with zero attached hydrogens (tertiary/aromatic N) is 4. The van der Waals surface area contributed by atoms with E-state index in [1.54, 1.807) is 30.6 Å². The van der Waals surface area contributed by atoms with E-state index in [4.69, 9.17) is 0 Å². The van der Waals surface area contributed by atoms with Gasteiger partial charge in [-0.05, 0) is 36.8 Å². The Morgan fingerprint density at radius 1 is 1.22 bits per heavy atom. The molecule has 9 nitrogen and oxygen atoms in total. The number of imidazole rings is 1. The second-order valence-corrected chi connectivity index (χ2v) is 7.66. The normalized spacial score (nSPS) is 17.4. The first kappa shape index (κ1) is 20.1. The lowest BCUT2D eigenvalue weighted by Gasteiger charge is -2.35. The second-order valence-electron chi connectivity index (χ2n) is 7.66. The molecule has 3 N–H and O–H groups in total. The molecular weight excluding hydrogens is 427 g/mol. The number of fused-ring (bicyclic) bond motifs is 5. The van der Waals surface area contributed by atoms with Gasteiger partial charge in [-0.1, -0.05) is 0 Å². The molecule has 0 saturated carbocycles. The second kappa shape index (κ2) is 7.39. The van der Waals surface area contributed by atoms with Crippen LogP contribution in [0.1, 0.15) is 16.9 Å². The smallest absolute Gasteiger partial charge is 0.366 e. The van der Waals surface area contributed by atoms with Gasteiger partial charge in [0.2, 0.25) is 0 Å². The van der Waals surface area contributed by atoms with Crippen molar-refractivity contribution in [3.63, 3.8) is 0 Å². The van der Waals surface area contributed by atoms with Gasteiger partial charge in [0.1, 0.15) is 12.2 Å². The molecule has 3 amide bonds. The van der Waals surface area contributed by atoms with Crippen LogP contribution >= 0.6 is 0 Å². The van der Waals surface area contributed by atoms with Crippen molar-refractivity contribution < 1.29 is 22.8 Å². The first-order valence-corrected chi connectivity index (χ1v) is 9.93. The Balaban J connectivity index is 1.43. The number of alkyl halides is 3. The zero-order valence-corrected chi connectivity index (χ0v) is 16.6. The van der Waals surface area contributed by atoms with E-state index in [1.165, 1.54) is 11.0 Å².